The highest BCUT2D eigenvalue weighted by molar-refractivity contribution is 5.08. The van der Waals surface area contributed by atoms with Gasteiger partial charge in [-0.3, -0.25) is 14.6 Å². The van der Waals surface area contributed by atoms with Gasteiger partial charge in [-0.25, -0.2) is 0 Å². The molecule has 0 bridgehead atoms. The van der Waals surface area contributed by atoms with Gasteiger partial charge in [0.15, 0.2) is 0 Å². The molecule has 0 N–H and O–H groups in total. The molecule has 2 aromatic rings. The first-order chi connectivity index (χ1) is 11.3. The molecule has 0 unspecified atom stereocenters. The molecular weight excluding hydrogens is 284 g/mol. The molecule has 1 aliphatic heterocycles. The SMILES string of the molecule is Cn1cc(CN2C[C@H]3CCC[C@H](Cc4ccccn4)[C@H]3C2)cn1. The Kier molecular flexibility index (Phi) is 4.17. The van der Waals surface area contributed by atoms with Gasteiger partial charge in [-0.15, -0.1) is 0 Å². The second kappa shape index (κ2) is 6.44. The van der Waals surface area contributed by atoms with Crippen molar-refractivity contribution in [1.29, 1.82) is 0 Å². The van der Waals surface area contributed by atoms with Crippen molar-refractivity contribution >= 4 is 0 Å². The minimum absolute atomic E-state index is 0.808. The van der Waals surface area contributed by atoms with Crippen molar-refractivity contribution in [2.75, 3.05) is 13.1 Å². The topological polar surface area (TPSA) is 34.0 Å². The fourth-order valence-corrected chi connectivity index (χ4v) is 4.67. The van der Waals surface area contributed by atoms with Gasteiger partial charge in [0.1, 0.15) is 0 Å². The Morgan fingerprint density at radius 3 is 2.96 bits per heavy atom. The average Bonchev–Trinajstić information content (AvgIpc) is 3.15. The third-order valence-corrected chi connectivity index (χ3v) is 5.68. The van der Waals surface area contributed by atoms with E-state index in [0.717, 1.165) is 30.7 Å². The molecule has 3 atom stereocenters. The fourth-order valence-electron chi connectivity index (χ4n) is 4.67. The Balaban J connectivity index is 1.42. The Bertz CT molecular complexity index is 636. The summed E-state index contributed by atoms with van der Waals surface area (Å²) in [6.45, 7) is 3.56. The van der Waals surface area contributed by atoms with E-state index in [0.29, 0.717) is 0 Å². The summed E-state index contributed by atoms with van der Waals surface area (Å²) < 4.78 is 1.91. The van der Waals surface area contributed by atoms with E-state index in [-0.39, 0.29) is 0 Å². The van der Waals surface area contributed by atoms with E-state index in [2.05, 4.69) is 33.3 Å². The van der Waals surface area contributed by atoms with Crippen LogP contribution < -0.4 is 0 Å². The van der Waals surface area contributed by atoms with E-state index < -0.39 is 0 Å². The number of pyridine rings is 1. The first-order valence-electron chi connectivity index (χ1n) is 8.88. The lowest BCUT2D eigenvalue weighted by atomic mass is 9.72. The van der Waals surface area contributed by atoms with Gasteiger partial charge in [-0.2, -0.15) is 5.10 Å². The number of aromatic nitrogens is 3. The van der Waals surface area contributed by atoms with Crippen molar-refractivity contribution < 1.29 is 0 Å². The summed E-state index contributed by atoms with van der Waals surface area (Å²) in [6.07, 6.45) is 11.4. The standard InChI is InChI=1S/C19H26N4/c1-22-11-15(10-21-22)12-23-13-17-6-4-5-16(19(17)14-23)9-18-7-2-3-8-20-18/h2-3,7-8,10-11,16-17,19H,4-6,9,12-14H2,1H3/t16-,17-,19-/m1/s1. The van der Waals surface area contributed by atoms with Crippen LogP contribution in [0.1, 0.15) is 30.5 Å². The molecule has 4 rings (SSSR count). The molecule has 1 aliphatic carbocycles. The van der Waals surface area contributed by atoms with Crippen molar-refractivity contribution in [2.45, 2.75) is 32.2 Å². The maximum absolute atomic E-state index is 4.55. The molecule has 3 heterocycles. The molecule has 4 nitrogen and oxygen atoms in total. The van der Waals surface area contributed by atoms with E-state index in [1.54, 1.807) is 0 Å². The minimum Gasteiger partial charge on any atom is -0.298 e. The molecule has 0 amide bonds. The maximum atomic E-state index is 4.55. The van der Waals surface area contributed by atoms with Gasteiger partial charge in [0.05, 0.1) is 6.20 Å². The molecule has 122 valence electrons. The summed E-state index contributed by atoms with van der Waals surface area (Å²) in [4.78, 5) is 7.19. The van der Waals surface area contributed by atoms with Gasteiger partial charge in [-0.1, -0.05) is 12.5 Å². The van der Waals surface area contributed by atoms with Crippen molar-refractivity contribution in [3.63, 3.8) is 0 Å². The number of rotatable bonds is 4. The molecular formula is C19H26N4. The molecule has 0 spiro atoms. The van der Waals surface area contributed by atoms with Crippen LogP contribution in [-0.4, -0.2) is 32.8 Å². The van der Waals surface area contributed by atoms with Crippen LogP contribution in [0.25, 0.3) is 0 Å². The third kappa shape index (κ3) is 3.32. The van der Waals surface area contributed by atoms with E-state index in [4.69, 9.17) is 0 Å². The molecule has 23 heavy (non-hydrogen) atoms. The summed E-state index contributed by atoms with van der Waals surface area (Å²) in [5.41, 5.74) is 2.61. The summed E-state index contributed by atoms with van der Waals surface area (Å²) in [5.74, 6) is 2.54. The molecule has 2 aromatic heterocycles. The lowest BCUT2D eigenvalue weighted by Crippen LogP contribution is -2.29. The Labute approximate surface area is 138 Å². The van der Waals surface area contributed by atoms with Gasteiger partial charge in [-0.05, 0) is 49.1 Å². The number of aryl methyl sites for hydroxylation is 1. The molecule has 2 fully saturated rings. The summed E-state index contributed by atoms with van der Waals surface area (Å²) in [6, 6.07) is 6.32. The van der Waals surface area contributed by atoms with Crippen LogP contribution in [0.15, 0.2) is 36.8 Å². The van der Waals surface area contributed by atoms with Crippen molar-refractivity contribution in [3.05, 3.63) is 48.0 Å². The van der Waals surface area contributed by atoms with Crippen LogP contribution >= 0.6 is 0 Å². The van der Waals surface area contributed by atoms with E-state index in [9.17, 15) is 0 Å². The van der Waals surface area contributed by atoms with E-state index in [1.165, 1.54) is 43.6 Å². The zero-order valence-electron chi connectivity index (χ0n) is 13.9. The van der Waals surface area contributed by atoms with Crippen LogP contribution in [0.3, 0.4) is 0 Å². The Hall–Kier alpha value is -1.68. The summed E-state index contributed by atoms with van der Waals surface area (Å²) in [7, 11) is 2.00. The highest BCUT2D eigenvalue weighted by Crippen LogP contribution is 2.41. The lowest BCUT2D eigenvalue weighted by molar-refractivity contribution is 0.195. The smallest absolute Gasteiger partial charge is 0.0534 e. The molecule has 4 heteroatoms. The number of nitrogens with zero attached hydrogens (tertiary/aromatic N) is 4. The monoisotopic (exact) mass is 310 g/mol. The molecule has 0 radical (unpaired) electrons. The Morgan fingerprint density at radius 1 is 1.22 bits per heavy atom. The number of hydrogen-bond donors (Lipinski definition) is 0. The van der Waals surface area contributed by atoms with Crippen LogP contribution in [-0.2, 0) is 20.0 Å². The maximum Gasteiger partial charge on any atom is 0.0534 e. The molecule has 1 saturated heterocycles. The van der Waals surface area contributed by atoms with Crippen LogP contribution in [0, 0.1) is 17.8 Å². The second-order valence-corrected chi connectivity index (χ2v) is 7.36. The summed E-state index contributed by atoms with van der Waals surface area (Å²) in [5, 5.41) is 4.30. The normalized spacial score (nSPS) is 28.0. The van der Waals surface area contributed by atoms with Crippen LogP contribution in [0.2, 0.25) is 0 Å². The summed E-state index contributed by atoms with van der Waals surface area (Å²) >= 11 is 0. The average molecular weight is 310 g/mol. The van der Waals surface area contributed by atoms with Gasteiger partial charge in [0.2, 0.25) is 0 Å². The van der Waals surface area contributed by atoms with Gasteiger partial charge >= 0.3 is 0 Å². The zero-order chi connectivity index (χ0) is 15.6. The number of likely N-dealkylation sites (tertiary alicyclic amines) is 1. The zero-order valence-corrected chi connectivity index (χ0v) is 13.9. The lowest BCUT2D eigenvalue weighted by Gasteiger charge is -2.33. The van der Waals surface area contributed by atoms with Crippen LogP contribution in [0.5, 0.6) is 0 Å². The largest absolute Gasteiger partial charge is 0.298 e. The number of hydrogen-bond acceptors (Lipinski definition) is 3. The number of fused-ring (bicyclic) bond motifs is 1. The molecule has 2 aliphatic rings. The van der Waals surface area contributed by atoms with Crippen molar-refractivity contribution in [2.24, 2.45) is 24.8 Å². The minimum atomic E-state index is 0.808. The predicted octanol–water partition coefficient (Wildman–Crippen LogP) is 2.91. The quantitative estimate of drug-likeness (QED) is 0.871. The highest BCUT2D eigenvalue weighted by Gasteiger charge is 2.40. The molecule has 1 saturated carbocycles. The van der Waals surface area contributed by atoms with Crippen molar-refractivity contribution in [3.8, 4) is 0 Å². The van der Waals surface area contributed by atoms with Crippen molar-refractivity contribution in [1.82, 2.24) is 19.7 Å². The third-order valence-electron chi connectivity index (χ3n) is 5.68. The van der Waals surface area contributed by atoms with E-state index >= 15 is 0 Å². The van der Waals surface area contributed by atoms with Gasteiger partial charge in [0.25, 0.3) is 0 Å². The van der Waals surface area contributed by atoms with Crippen LogP contribution in [0.4, 0.5) is 0 Å². The second-order valence-electron chi connectivity index (χ2n) is 7.36. The van der Waals surface area contributed by atoms with E-state index in [1.807, 2.05) is 30.2 Å². The first kappa shape index (κ1) is 14.9. The van der Waals surface area contributed by atoms with Gasteiger partial charge in [0, 0.05) is 50.3 Å². The predicted molar refractivity (Wildman–Crippen MR) is 90.7 cm³/mol. The fraction of sp³-hybridized carbons (Fsp3) is 0.579. The Morgan fingerprint density at radius 2 is 2.17 bits per heavy atom. The molecule has 0 aromatic carbocycles. The van der Waals surface area contributed by atoms with Gasteiger partial charge < -0.3 is 0 Å². The first-order valence-corrected chi connectivity index (χ1v) is 8.88. The highest BCUT2D eigenvalue weighted by atomic mass is 15.2.